The van der Waals surface area contributed by atoms with Gasteiger partial charge in [0, 0.05) is 5.75 Å². The van der Waals surface area contributed by atoms with Crippen molar-refractivity contribution in [2.24, 2.45) is 0 Å². The number of ether oxygens (including phenoxy) is 4. The maximum atomic E-state index is 10.7. The highest BCUT2D eigenvalue weighted by molar-refractivity contribution is 7.99. The third-order valence-corrected chi connectivity index (χ3v) is 9.65. The van der Waals surface area contributed by atoms with Crippen LogP contribution in [0.5, 0.6) is 0 Å². The van der Waals surface area contributed by atoms with E-state index in [1.165, 1.54) is 96.3 Å². The Morgan fingerprint density at radius 2 is 1.00 bits per heavy atom. The summed E-state index contributed by atoms with van der Waals surface area (Å²) in [6.45, 7) is 1.32. The van der Waals surface area contributed by atoms with Crippen LogP contribution < -0.4 is 0 Å². The Hall–Kier alpha value is -0.0900. The largest absolute Gasteiger partial charge is 0.394 e. The van der Waals surface area contributed by atoms with Gasteiger partial charge >= 0.3 is 0 Å². The molecule has 0 aromatic carbocycles. The second-order valence-corrected chi connectivity index (χ2v) is 13.5. The molecule has 0 aromatic rings. The molecule has 0 amide bonds. The van der Waals surface area contributed by atoms with Gasteiger partial charge in [-0.1, -0.05) is 103 Å². The summed E-state index contributed by atoms with van der Waals surface area (Å²) in [4.78, 5) is 0. The van der Waals surface area contributed by atoms with E-state index in [1.807, 2.05) is 0 Å². The number of rotatable bonds is 25. The fourth-order valence-corrected chi connectivity index (χ4v) is 6.60. The third-order valence-electron chi connectivity index (χ3n) is 8.61. The van der Waals surface area contributed by atoms with Gasteiger partial charge in [0.05, 0.1) is 19.8 Å². The minimum atomic E-state index is -1.70. The van der Waals surface area contributed by atoms with Crippen LogP contribution in [0.15, 0.2) is 0 Å². The van der Waals surface area contributed by atoms with Crippen LogP contribution in [0, 0.1) is 0 Å². The first kappa shape index (κ1) is 40.1. The molecule has 0 bridgehead atoms. The number of hydrogen-bond donors (Lipinski definition) is 7. The molecular formula is C32H62O11S. The molecule has 0 unspecified atom stereocenters. The van der Waals surface area contributed by atoms with Crippen LogP contribution in [0.2, 0.25) is 0 Å². The molecule has 11 nitrogen and oxygen atoms in total. The van der Waals surface area contributed by atoms with E-state index in [2.05, 4.69) is 6.92 Å². The second kappa shape index (κ2) is 24.1. The zero-order chi connectivity index (χ0) is 32.2. The molecule has 0 aliphatic carbocycles. The van der Waals surface area contributed by atoms with E-state index in [4.69, 9.17) is 18.9 Å². The second-order valence-electron chi connectivity index (χ2n) is 12.3. The molecule has 0 aromatic heterocycles. The molecule has 12 heteroatoms. The molecular weight excluding hydrogens is 592 g/mol. The van der Waals surface area contributed by atoms with E-state index in [9.17, 15) is 35.7 Å². The monoisotopic (exact) mass is 654 g/mol. The molecule has 262 valence electrons. The highest BCUT2D eigenvalue weighted by Gasteiger charge is 2.50. The van der Waals surface area contributed by atoms with Crippen LogP contribution >= 0.6 is 11.8 Å². The molecule has 2 aliphatic rings. The molecule has 2 fully saturated rings. The number of aliphatic hydroxyl groups excluding tert-OH is 7. The number of aliphatic hydroxyl groups is 7. The Kier molecular flexibility index (Phi) is 22.0. The summed E-state index contributed by atoms with van der Waals surface area (Å²) >= 11 is 1.76. The van der Waals surface area contributed by atoms with Crippen LogP contribution in [0.1, 0.15) is 110 Å². The van der Waals surface area contributed by atoms with E-state index in [1.54, 1.807) is 11.8 Å². The number of hydrogen-bond acceptors (Lipinski definition) is 12. The lowest BCUT2D eigenvalue weighted by atomic mass is 9.97. The van der Waals surface area contributed by atoms with E-state index in [0.717, 1.165) is 12.2 Å². The van der Waals surface area contributed by atoms with Crippen LogP contribution in [0.3, 0.4) is 0 Å². The molecule has 10 atom stereocenters. The van der Waals surface area contributed by atoms with Crippen molar-refractivity contribution in [2.45, 2.75) is 171 Å². The normalized spacial score (nSPS) is 32.7. The maximum absolute atomic E-state index is 10.7. The van der Waals surface area contributed by atoms with Crippen LogP contribution in [0.25, 0.3) is 0 Å². The summed E-state index contributed by atoms with van der Waals surface area (Å²) < 4.78 is 22.2. The van der Waals surface area contributed by atoms with Gasteiger partial charge in [0.15, 0.2) is 12.6 Å². The predicted molar refractivity (Wildman–Crippen MR) is 169 cm³/mol. The van der Waals surface area contributed by atoms with Gasteiger partial charge in [0.25, 0.3) is 0 Å². The Labute approximate surface area is 268 Å². The summed E-state index contributed by atoms with van der Waals surface area (Å²) in [6.07, 6.45) is 7.12. The summed E-state index contributed by atoms with van der Waals surface area (Å²) in [5, 5.41) is 70.6. The lowest BCUT2D eigenvalue weighted by Gasteiger charge is -2.45. The van der Waals surface area contributed by atoms with Crippen LogP contribution in [-0.4, -0.2) is 128 Å². The molecule has 0 saturated carbocycles. The first-order valence-electron chi connectivity index (χ1n) is 17.1. The van der Waals surface area contributed by atoms with Crippen molar-refractivity contribution < 1.29 is 54.7 Å². The predicted octanol–water partition coefficient (Wildman–Crippen LogP) is 2.62. The fraction of sp³-hybridized carbons (Fsp3) is 1.00. The van der Waals surface area contributed by atoms with Crippen molar-refractivity contribution in [2.75, 3.05) is 31.3 Å². The van der Waals surface area contributed by atoms with Crippen molar-refractivity contribution in [3.8, 4) is 0 Å². The van der Waals surface area contributed by atoms with Crippen LogP contribution in [0.4, 0.5) is 0 Å². The Morgan fingerprint density at radius 1 is 0.523 bits per heavy atom. The summed E-state index contributed by atoms with van der Waals surface area (Å²) in [6, 6.07) is 0. The third kappa shape index (κ3) is 14.4. The van der Waals surface area contributed by atoms with Crippen molar-refractivity contribution in [1.82, 2.24) is 0 Å². The Balaban J connectivity index is 1.49. The first-order valence-corrected chi connectivity index (χ1v) is 18.3. The average Bonchev–Trinajstić information content (AvgIpc) is 3.03. The van der Waals surface area contributed by atoms with E-state index in [-0.39, 0.29) is 6.61 Å². The minimum Gasteiger partial charge on any atom is -0.394 e. The van der Waals surface area contributed by atoms with E-state index in [0.29, 0.717) is 5.75 Å². The fourth-order valence-electron chi connectivity index (χ4n) is 5.77. The molecule has 44 heavy (non-hydrogen) atoms. The topological polar surface area (TPSA) is 179 Å². The summed E-state index contributed by atoms with van der Waals surface area (Å²) in [5.41, 5.74) is 0. The van der Waals surface area contributed by atoms with Gasteiger partial charge in [-0.25, -0.2) is 0 Å². The van der Waals surface area contributed by atoms with Crippen molar-refractivity contribution in [3.05, 3.63) is 0 Å². The van der Waals surface area contributed by atoms with Gasteiger partial charge in [-0.2, -0.15) is 11.8 Å². The standard InChI is InChI=1S/C32H62O11S/c1-2-3-4-5-6-7-8-9-10-11-12-13-14-15-16-17-19-44-20-18-40-31-29(39)27(37)30(24(22-34)42-31)43-32-28(38)26(36)25(35)23(21-33)41-32/h23-39H,2-22H2,1H3/t23-,24+,25+,26+,27+,28+,29+,30+,31+,32+/m1/s1. The summed E-state index contributed by atoms with van der Waals surface area (Å²) in [7, 11) is 0. The highest BCUT2D eigenvalue weighted by Crippen LogP contribution is 2.29. The van der Waals surface area contributed by atoms with Crippen molar-refractivity contribution in [1.29, 1.82) is 0 Å². The van der Waals surface area contributed by atoms with E-state index >= 15 is 0 Å². The van der Waals surface area contributed by atoms with E-state index < -0.39 is 74.6 Å². The van der Waals surface area contributed by atoms with Gasteiger partial charge < -0.3 is 54.7 Å². The van der Waals surface area contributed by atoms with Gasteiger partial charge in [-0.3, -0.25) is 0 Å². The first-order chi connectivity index (χ1) is 21.3. The quantitative estimate of drug-likeness (QED) is 0.0717. The van der Waals surface area contributed by atoms with Crippen molar-refractivity contribution >= 4 is 11.8 Å². The molecule has 2 rings (SSSR count). The molecule has 2 saturated heterocycles. The lowest BCUT2D eigenvalue weighted by Crippen LogP contribution is -2.64. The Bertz CT molecular complexity index is 689. The minimum absolute atomic E-state index is 0.286. The van der Waals surface area contributed by atoms with Gasteiger partial charge in [-0.05, 0) is 12.2 Å². The molecule has 2 aliphatic heterocycles. The van der Waals surface area contributed by atoms with Crippen molar-refractivity contribution in [3.63, 3.8) is 0 Å². The van der Waals surface area contributed by atoms with Gasteiger partial charge in [0.2, 0.25) is 0 Å². The summed E-state index contributed by atoms with van der Waals surface area (Å²) in [5.74, 6) is 1.71. The zero-order valence-corrected chi connectivity index (χ0v) is 27.6. The highest BCUT2D eigenvalue weighted by atomic mass is 32.2. The van der Waals surface area contributed by atoms with Gasteiger partial charge in [-0.15, -0.1) is 0 Å². The smallest absolute Gasteiger partial charge is 0.187 e. The number of unbranched alkanes of at least 4 members (excludes halogenated alkanes) is 15. The van der Waals surface area contributed by atoms with Crippen LogP contribution in [-0.2, 0) is 18.9 Å². The lowest BCUT2D eigenvalue weighted by molar-refractivity contribution is -0.359. The zero-order valence-electron chi connectivity index (χ0n) is 26.8. The molecule has 0 radical (unpaired) electrons. The molecule has 7 N–H and O–H groups in total. The number of thioether (sulfide) groups is 1. The van der Waals surface area contributed by atoms with Gasteiger partial charge in [0.1, 0.15) is 48.8 Å². The Morgan fingerprint density at radius 3 is 1.52 bits per heavy atom. The SMILES string of the molecule is CCCCCCCCCCCCCCCCCCSCCO[C@H]1O[C@@H](CO)[C@H](O[C@@H]2O[C@H](CO)[C@H](O)[C@H](O)[C@@H]2O)[C@@H](O)[C@@H]1O. The molecule has 2 heterocycles. The maximum Gasteiger partial charge on any atom is 0.187 e. The molecule has 0 spiro atoms. The average molecular weight is 655 g/mol.